The quantitative estimate of drug-likeness (QED) is 0.459. The number of hydrogen-bond donors (Lipinski definition) is 2. The monoisotopic (exact) mass is 478 g/mol. The number of allylic oxidation sites excluding steroid dienone is 3. The van der Waals surface area contributed by atoms with Gasteiger partial charge in [0.1, 0.15) is 0 Å². The van der Waals surface area contributed by atoms with E-state index in [0.717, 1.165) is 25.7 Å². The Balaban J connectivity index is 1.24. The summed E-state index contributed by atoms with van der Waals surface area (Å²) in [6, 6.07) is 8.86. The molecule has 0 saturated heterocycles. The maximum atomic E-state index is 10.6. The van der Waals surface area contributed by atoms with Crippen molar-refractivity contribution in [3.63, 3.8) is 0 Å². The van der Waals surface area contributed by atoms with E-state index in [1.807, 2.05) is 0 Å². The van der Waals surface area contributed by atoms with Gasteiger partial charge in [0.05, 0.1) is 24.9 Å². The van der Waals surface area contributed by atoms with Crippen molar-refractivity contribution >= 4 is 0 Å². The predicted molar refractivity (Wildman–Crippen MR) is 142 cm³/mol. The molecule has 1 spiro atoms. The Hall–Kier alpha value is -1.42. The molecule has 3 unspecified atom stereocenters. The Kier molecular flexibility index (Phi) is 7.07. The number of aliphatic hydroxyl groups is 2. The van der Waals surface area contributed by atoms with E-state index in [-0.39, 0.29) is 23.7 Å². The fourth-order valence-electron chi connectivity index (χ4n) is 7.82. The van der Waals surface area contributed by atoms with Crippen LogP contribution < -0.4 is 0 Å². The van der Waals surface area contributed by atoms with Crippen molar-refractivity contribution in [2.24, 2.45) is 22.7 Å². The van der Waals surface area contributed by atoms with Crippen LogP contribution in [-0.2, 0) is 11.3 Å². The fraction of sp³-hybridized carbons (Fsp3) is 0.688. The van der Waals surface area contributed by atoms with Crippen LogP contribution in [0.4, 0.5) is 0 Å². The minimum absolute atomic E-state index is 0.182. The van der Waals surface area contributed by atoms with Gasteiger partial charge in [0.25, 0.3) is 0 Å². The summed E-state index contributed by atoms with van der Waals surface area (Å²) in [6.45, 7) is 9.99. The van der Waals surface area contributed by atoms with Crippen molar-refractivity contribution in [3.05, 3.63) is 58.7 Å². The molecule has 0 bridgehead atoms. The van der Waals surface area contributed by atoms with Gasteiger partial charge in [0.2, 0.25) is 0 Å². The molecule has 1 aromatic rings. The first-order valence-electron chi connectivity index (χ1n) is 14.2. The zero-order chi connectivity index (χ0) is 24.8. The van der Waals surface area contributed by atoms with E-state index in [1.54, 1.807) is 5.57 Å². The van der Waals surface area contributed by atoms with Crippen LogP contribution in [0, 0.1) is 22.7 Å². The predicted octanol–water partition coefficient (Wildman–Crippen LogP) is 7.08. The Morgan fingerprint density at radius 1 is 1.03 bits per heavy atom. The van der Waals surface area contributed by atoms with Gasteiger partial charge in [-0.1, -0.05) is 68.3 Å². The van der Waals surface area contributed by atoms with Crippen molar-refractivity contribution in [1.29, 1.82) is 0 Å². The highest BCUT2D eigenvalue weighted by atomic mass is 16.5. The van der Waals surface area contributed by atoms with E-state index < -0.39 is 0 Å². The van der Waals surface area contributed by atoms with E-state index in [1.165, 1.54) is 48.8 Å². The van der Waals surface area contributed by atoms with Crippen LogP contribution in [0.3, 0.4) is 0 Å². The third kappa shape index (κ3) is 4.81. The summed E-state index contributed by atoms with van der Waals surface area (Å²) >= 11 is 0. The van der Waals surface area contributed by atoms with Gasteiger partial charge in [-0.2, -0.15) is 0 Å². The molecule has 5 rings (SSSR count). The van der Waals surface area contributed by atoms with Gasteiger partial charge in [-0.15, -0.1) is 0 Å². The largest absolute Gasteiger partial charge is 0.392 e. The molecule has 35 heavy (non-hydrogen) atoms. The molecule has 0 aliphatic heterocycles. The lowest BCUT2D eigenvalue weighted by Gasteiger charge is -2.44. The molecule has 0 amide bonds. The molecule has 0 heterocycles. The molecule has 0 radical (unpaired) electrons. The molecular formula is C32H46O3. The van der Waals surface area contributed by atoms with E-state index in [9.17, 15) is 10.2 Å². The molecule has 3 nitrogen and oxygen atoms in total. The van der Waals surface area contributed by atoms with Crippen molar-refractivity contribution in [1.82, 2.24) is 0 Å². The number of aliphatic hydroxyl groups excluding tert-OH is 2. The van der Waals surface area contributed by atoms with Crippen LogP contribution in [0.2, 0.25) is 0 Å². The van der Waals surface area contributed by atoms with Gasteiger partial charge >= 0.3 is 0 Å². The molecule has 192 valence electrons. The number of rotatable bonds is 6. The van der Waals surface area contributed by atoms with Gasteiger partial charge in [0, 0.05) is 5.41 Å². The topological polar surface area (TPSA) is 49.7 Å². The van der Waals surface area contributed by atoms with Crippen molar-refractivity contribution in [3.8, 4) is 0 Å². The smallest absolute Gasteiger partial charge is 0.0720 e. The average molecular weight is 479 g/mol. The highest BCUT2D eigenvalue weighted by Crippen LogP contribution is 2.59. The minimum atomic E-state index is -0.373. The van der Waals surface area contributed by atoms with Gasteiger partial charge in [0.15, 0.2) is 0 Å². The maximum Gasteiger partial charge on any atom is 0.0720 e. The van der Waals surface area contributed by atoms with Gasteiger partial charge in [-0.3, -0.25) is 0 Å². The lowest BCUT2D eigenvalue weighted by Crippen LogP contribution is -2.39. The van der Waals surface area contributed by atoms with Gasteiger partial charge in [-0.25, -0.2) is 0 Å². The first kappa shape index (κ1) is 25.2. The third-order valence-electron chi connectivity index (χ3n) is 10.3. The summed E-state index contributed by atoms with van der Waals surface area (Å²) < 4.78 is 6.51. The second-order valence-electron chi connectivity index (χ2n) is 12.8. The van der Waals surface area contributed by atoms with E-state index in [4.69, 9.17) is 4.74 Å². The van der Waals surface area contributed by atoms with E-state index in [2.05, 4.69) is 64.1 Å². The van der Waals surface area contributed by atoms with Crippen molar-refractivity contribution in [2.45, 2.75) is 116 Å². The van der Waals surface area contributed by atoms with Crippen LogP contribution in [0.25, 0.3) is 0 Å². The Morgan fingerprint density at radius 2 is 1.77 bits per heavy atom. The average Bonchev–Trinajstić information content (AvgIpc) is 3.56. The van der Waals surface area contributed by atoms with Crippen LogP contribution in [0.1, 0.15) is 103 Å². The Morgan fingerprint density at radius 3 is 2.46 bits per heavy atom. The SMILES string of the molecule is CC(C)c1cccc(CO[C@H](C)C2CCC3/C(=C/C=C4C[C@@H](O)C5(CC5)[C@H](O)C4)CCCC32C)c1. The van der Waals surface area contributed by atoms with Gasteiger partial charge < -0.3 is 14.9 Å². The molecule has 4 aliphatic carbocycles. The summed E-state index contributed by atoms with van der Waals surface area (Å²) in [4.78, 5) is 0. The highest BCUT2D eigenvalue weighted by molar-refractivity contribution is 5.28. The summed E-state index contributed by atoms with van der Waals surface area (Å²) in [7, 11) is 0. The lowest BCUT2D eigenvalue weighted by molar-refractivity contribution is -0.0332. The number of ether oxygens (including phenoxy) is 1. The van der Waals surface area contributed by atoms with Crippen LogP contribution in [0.5, 0.6) is 0 Å². The molecule has 4 aliphatic rings. The molecule has 4 fully saturated rings. The molecular weight excluding hydrogens is 432 g/mol. The fourth-order valence-corrected chi connectivity index (χ4v) is 7.82. The molecule has 4 saturated carbocycles. The van der Waals surface area contributed by atoms with Crippen LogP contribution in [-0.4, -0.2) is 28.5 Å². The van der Waals surface area contributed by atoms with Crippen molar-refractivity contribution in [2.75, 3.05) is 0 Å². The highest BCUT2D eigenvalue weighted by Gasteiger charge is 2.56. The summed E-state index contributed by atoms with van der Waals surface area (Å²) in [5, 5.41) is 21.2. The number of hydrogen-bond acceptors (Lipinski definition) is 3. The summed E-state index contributed by atoms with van der Waals surface area (Å²) in [5.74, 6) is 1.76. The van der Waals surface area contributed by atoms with Gasteiger partial charge in [-0.05, 0) is 99.0 Å². The zero-order valence-electron chi connectivity index (χ0n) is 22.3. The molecule has 0 aromatic heterocycles. The zero-order valence-corrected chi connectivity index (χ0v) is 22.3. The van der Waals surface area contributed by atoms with Crippen molar-refractivity contribution < 1.29 is 14.9 Å². The maximum absolute atomic E-state index is 10.6. The number of benzene rings is 1. The van der Waals surface area contributed by atoms with Crippen LogP contribution >= 0.6 is 0 Å². The minimum Gasteiger partial charge on any atom is -0.392 e. The first-order valence-corrected chi connectivity index (χ1v) is 14.2. The Bertz CT molecular complexity index is 955. The molecule has 3 heteroatoms. The second-order valence-corrected chi connectivity index (χ2v) is 12.8. The standard InChI is InChI=1S/C32H46O3/c1-21(2)26-8-5-7-24(17-26)20-35-22(3)27-12-13-28-25(9-6-14-31(27,28)4)11-10-23-18-29(33)32(15-16-32)30(34)19-23/h5,7-8,10-11,17,21-22,27-30,33-34H,6,9,12-16,18-20H2,1-4H3/b25-11+/t22-,27?,28?,29-,30-,31?/m1/s1. The third-order valence-corrected chi connectivity index (χ3v) is 10.3. The first-order chi connectivity index (χ1) is 16.7. The number of fused-ring (bicyclic) bond motifs is 1. The van der Waals surface area contributed by atoms with Crippen LogP contribution in [0.15, 0.2) is 47.6 Å². The summed E-state index contributed by atoms with van der Waals surface area (Å²) in [6.07, 6.45) is 13.8. The normalized spacial score (nSPS) is 36.0. The Labute approximate surface area is 212 Å². The molecule has 2 N–H and O–H groups in total. The molecule has 1 aromatic carbocycles. The van der Waals surface area contributed by atoms with E-state index in [0.29, 0.717) is 29.8 Å². The van der Waals surface area contributed by atoms with E-state index >= 15 is 0 Å². The summed E-state index contributed by atoms with van der Waals surface area (Å²) in [5.41, 5.74) is 5.58. The lowest BCUT2D eigenvalue weighted by atomic mass is 9.62. The molecule has 6 atom stereocenters. The second kappa shape index (κ2) is 9.80.